The van der Waals surface area contributed by atoms with Crippen molar-refractivity contribution in [1.82, 2.24) is 0 Å². The molecule has 1 radical (unpaired) electrons. The number of hydrogen-bond acceptors (Lipinski definition) is 0. The van der Waals surface area contributed by atoms with Crippen LogP contribution in [0.1, 0.15) is 19.3 Å². The first-order chi connectivity index (χ1) is 5.50. The van der Waals surface area contributed by atoms with Crippen LogP contribution >= 0.6 is 0 Å². The summed E-state index contributed by atoms with van der Waals surface area (Å²) in [5.74, 6) is 0. The first kappa shape index (κ1) is 11.6. The normalized spacial score (nSPS) is 16.7. The Bertz CT molecular complexity index is 175. The summed E-state index contributed by atoms with van der Waals surface area (Å²) in [5.41, 5.74) is 0. The van der Waals surface area contributed by atoms with E-state index in [0.29, 0.717) is 0 Å². The van der Waals surface area contributed by atoms with E-state index in [9.17, 15) is 0 Å². The standard InChI is InChI=1S/C6H8.C5H5.Ir/c1-2-4-6-5-3-1;1-2-4-5-3-1;/h1-4H,5-6H2;1-3H,4H2;/q;-1;. The van der Waals surface area contributed by atoms with E-state index in [1.165, 1.54) is 12.8 Å². The molecule has 0 amide bonds. The molecule has 0 fully saturated rings. The molecule has 0 aliphatic heterocycles. The van der Waals surface area contributed by atoms with Gasteiger partial charge in [-0.25, -0.2) is 12.2 Å². The monoisotopic (exact) mass is 338 g/mol. The molecule has 0 N–H and O–H groups in total. The van der Waals surface area contributed by atoms with Crippen molar-refractivity contribution < 1.29 is 20.1 Å². The molecule has 2 aliphatic rings. The van der Waals surface area contributed by atoms with E-state index in [4.69, 9.17) is 0 Å². The van der Waals surface area contributed by atoms with Crippen LogP contribution in [0.3, 0.4) is 0 Å². The molecule has 0 aromatic rings. The Labute approximate surface area is 88.1 Å². The molecule has 2 rings (SSSR count). The minimum absolute atomic E-state index is 0. The summed E-state index contributed by atoms with van der Waals surface area (Å²) >= 11 is 0. The molecule has 0 spiro atoms. The molecule has 0 unspecified atom stereocenters. The Balaban J connectivity index is 0.000000189. The van der Waals surface area contributed by atoms with Crippen molar-refractivity contribution in [2.24, 2.45) is 0 Å². The van der Waals surface area contributed by atoms with Gasteiger partial charge in [0.1, 0.15) is 0 Å². The smallest absolute Gasteiger partial charge is 0 e. The topological polar surface area (TPSA) is 0 Å². The van der Waals surface area contributed by atoms with E-state index < -0.39 is 0 Å². The van der Waals surface area contributed by atoms with Gasteiger partial charge in [0, 0.05) is 20.1 Å². The van der Waals surface area contributed by atoms with Crippen molar-refractivity contribution in [2.75, 3.05) is 0 Å². The van der Waals surface area contributed by atoms with Crippen molar-refractivity contribution in [2.45, 2.75) is 19.3 Å². The van der Waals surface area contributed by atoms with Crippen LogP contribution in [0.2, 0.25) is 0 Å². The Morgan fingerprint density at radius 1 is 0.833 bits per heavy atom. The van der Waals surface area contributed by atoms with Crippen molar-refractivity contribution in [3.8, 4) is 0 Å². The molecule has 0 aromatic carbocycles. The minimum atomic E-state index is 0. The van der Waals surface area contributed by atoms with Gasteiger partial charge in [0.15, 0.2) is 0 Å². The van der Waals surface area contributed by atoms with E-state index in [0.717, 1.165) is 6.42 Å². The molecule has 1 heteroatoms. The molecular formula is C11H13Ir-. The first-order valence-electron chi connectivity index (χ1n) is 4.03. The fraction of sp³-hybridized carbons (Fsp3) is 0.273. The fourth-order valence-electron chi connectivity index (χ4n) is 0.882. The van der Waals surface area contributed by atoms with Gasteiger partial charge in [0.25, 0.3) is 0 Å². The van der Waals surface area contributed by atoms with Gasteiger partial charge in [-0.1, -0.05) is 24.3 Å². The molecule has 67 valence electrons. The van der Waals surface area contributed by atoms with Gasteiger partial charge in [-0.3, -0.25) is 6.08 Å². The van der Waals surface area contributed by atoms with Crippen LogP contribution in [0.25, 0.3) is 0 Å². The number of allylic oxidation sites excluding steroid dienone is 8. The minimum Gasteiger partial charge on any atom is -0.273 e. The maximum atomic E-state index is 2.99. The Morgan fingerprint density at radius 3 is 1.67 bits per heavy atom. The zero-order valence-corrected chi connectivity index (χ0v) is 9.39. The average molecular weight is 337 g/mol. The molecule has 0 nitrogen and oxygen atoms in total. The second-order valence-electron chi connectivity index (χ2n) is 2.44. The summed E-state index contributed by atoms with van der Waals surface area (Å²) in [6.45, 7) is 0. The molecule has 0 atom stereocenters. The van der Waals surface area contributed by atoms with Crippen LogP contribution in [0.15, 0.2) is 42.5 Å². The predicted molar refractivity (Wildman–Crippen MR) is 49.1 cm³/mol. The second-order valence-corrected chi connectivity index (χ2v) is 2.44. The Kier molecular flexibility index (Phi) is 8.42. The molecule has 0 heterocycles. The zero-order chi connectivity index (χ0) is 7.78. The number of rotatable bonds is 0. The van der Waals surface area contributed by atoms with Gasteiger partial charge >= 0.3 is 0 Å². The average Bonchev–Trinajstić information content (AvgIpc) is 2.64. The van der Waals surface area contributed by atoms with E-state index in [2.05, 4.69) is 36.5 Å². The van der Waals surface area contributed by atoms with Crippen LogP contribution in [0.5, 0.6) is 0 Å². The fourth-order valence-corrected chi connectivity index (χ4v) is 0.882. The van der Waals surface area contributed by atoms with E-state index >= 15 is 0 Å². The van der Waals surface area contributed by atoms with Crippen molar-refractivity contribution in [3.05, 3.63) is 48.6 Å². The van der Waals surface area contributed by atoms with Crippen LogP contribution in [0, 0.1) is 6.08 Å². The van der Waals surface area contributed by atoms with E-state index in [1.54, 1.807) is 0 Å². The summed E-state index contributed by atoms with van der Waals surface area (Å²) in [4.78, 5) is 0. The molecule has 0 saturated carbocycles. The third-order valence-electron chi connectivity index (χ3n) is 1.47. The quantitative estimate of drug-likeness (QED) is 0.596. The SMILES string of the molecule is C1=CCCC=C1.[C-]1=CC=CC1.[Ir]. The third kappa shape index (κ3) is 6.33. The molecule has 12 heavy (non-hydrogen) atoms. The van der Waals surface area contributed by atoms with Gasteiger partial charge in [0.2, 0.25) is 0 Å². The van der Waals surface area contributed by atoms with E-state index in [-0.39, 0.29) is 20.1 Å². The Hall–Kier alpha value is -0.391. The van der Waals surface area contributed by atoms with Crippen LogP contribution in [-0.4, -0.2) is 0 Å². The largest absolute Gasteiger partial charge is 0.273 e. The molecular weight excluding hydrogens is 324 g/mol. The predicted octanol–water partition coefficient (Wildman–Crippen LogP) is 3.20. The van der Waals surface area contributed by atoms with Gasteiger partial charge < -0.3 is 0 Å². The summed E-state index contributed by atoms with van der Waals surface area (Å²) < 4.78 is 0. The maximum Gasteiger partial charge on any atom is 0 e. The summed E-state index contributed by atoms with van der Waals surface area (Å²) in [5, 5.41) is 0. The third-order valence-corrected chi connectivity index (χ3v) is 1.47. The molecule has 0 bridgehead atoms. The van der Waals surface area contributed by atoms with Crippen LogP contribution in [0.4, 0.5) is 0 Å². The second kappa shape index (κ2) is 8.70. The first-order valence-corrected chi connectivity index (χ1v) is 4.03. The van der Waals surface area contributed by atoms with Crippen LogP contribution < -0.4 is 0 Å². The van der Waals surface area contributed by atoms with Crippen molar-refractivity contribution in [1.29, 1.82) is 0 Å². The molecule has 2 aliphatic carbocycles. The summed E-state index contributed by atoms with van der Waals surface area (Å²) in [7, 11) is 0. The zero-order valence-electron chi connectivity index (χ0n) is 7.00. The summed E-state index contributed by atoms with van der Waals surface area (Å²) in [6.07, 6.45) is 21.0. The molecule has 0 aromatic heterocycles. The number of hydrogen-bond donors (Lipinski definition) is 0. The summed E-state index contributed by atoms with van der Waals surface area (Å²) in [6, 6.07) is 0. The van der Waals surface area contributed by atoms with Gasteiger partial charge in [0.05, 0.1) is 0 Å². The van der Waals surface area contributed by atoms with Crippen molar-refractivity contribution in [3.63, 3.8) is 0 Å². The van der Waals surface area contributed by atoms with Crippen LogP contribution in [-0.2, 0) is 20.1 Å². The van der Waals surface area contributed by atoms with Crippen molar-refractivity contribution >= 4 is 0 Å². The van der Waals surface area contributed by atoms with Gasteiger partial charge in [-0.2, -0.15) is 6.08 Å². The van der Waals surface area contributed by atoms with E-state index in [1.807, 2.05) is 12.2 Å². The molecule has 0 saturated heterocycles. The van der Waals surface area contributed by atoms with Gasteiger partial charge in [-0.15, -0.1) is 6.42 Å². The Morgan fingerprint density at radius 2 is 1.50 bits per heavy atom. The maximum absolute atomic E-state index is 2.99. The van der Waals surface area contributed by atoms with Gasteiger partial charge in [-0.05, 0) is 12.8 Å².